The van der Waals surface area contributed by atoms with E-state index in [0.717, 1.165) is 12.0 Å². The van der Waals surface area contributed by atoms with Gasteiger partial charge in [0.25, 0.3) is 0 Å². The molecule has 4 nitrogen and oxygen atoms in total. The van der Waals surface area contributed by atoms with E-state index >= 15 is 0 Å². The highest BCUT2D eigenvalue weighted by molar-refractivity contribution is 5.93. The van der Waals surface area contributed by atoms with E-state index in [9.17, 15) is 9.59 Å². The number of nitrogens with zero attached hydrogens (tertiary/aromatic N) is 2. The second-order valence-corrected chi connectivity index (χ2v) is 5.07. The molecule has 0 unspecified atom stereocenters. The molecule has 0 aliphatic carbocycles. The number of rotatable bonds is 3. The predicted molar refractivity (Wildman–Crippen MR) is 72.0 cm³/mol. The Hall–Kier alpha value is -1.32. The first kappa shape index (κ1) is 14.7. The summed E-state index contributed by atoms with van der Waals surface area (Å²) in [6.45, 7) is 10.3. The van der Waals surface area contributed by atoms with Crippen LogP contribution < -0.4 is 0 Å². The Labute approximate surface area is 110 Å². The Balaban J connectivity index is 2.52. The molecule has 0 atom stereocenters. The van der Waals surface area contributed by atoms with Gasteiger partial charge in [-0.1, -0.05) is 26.8 Å². The minimum Gasteiger partial charge on any atom is -0.339 e. The van der Waals surface area contributed by atoms with Gasteiger partial charge in [0.1, 0.15) is 0 Å². The van der Waals surface area contributed by atoms with Crippen LogP contribution in [-0.4, -0.2) is 47.8 Å². The fourth-order valence-corrected chi connectivity index (χ4v) is 2.14. The molecule has 102 valence electrons. The Kier molecular flexibility index (Phi) is 5.38. The van der Waals surface area contributed by atoms with Gasteiger partial charge in [0.15, 0.2) is 0 Å². The van der Waals surface area contributed by atoms with Crippen molar-refractivity contribution in [2.45, 2.75) is 34.1 Å². The molecule has 0 N–H and O–H groups in total. The van der Waals surface area contributed by atoms with Crippen LogP contribution in [0.2, 0.25) is 0 Å². The molecule has 1 aliphatic heterocycles. The second-order valence-electron chi connectivity index (χ2n) is 5.07. The summed E-state index contributed by atoms with van der Waals surface area (Å²) in [5, 5.41) is 0. The average molecular weight is 252 g/mol. The summed E-state index contributed by atoms with van der Waals surface area (Å²) in [5.74, 6) is 0.324. The monoisotopic (exact) mass is 252 g/mol. The molecule has 0 aromatic heterocycles. The van der Waals surface area contributed by atoms with Gasteiger partial charge in [0.2, 0.25) is 11.8 Å². The molecule has 0 aromatic rings. The van der Waals surface area contributed by atoms with Crippen molar-refractivity contribution in [3.8, 4) is 0 Å². The van der Waals surface area contributed by atoms with Crippen LogP contribution in [0.4, 0.5) is 0 Å². The van der Waals surface area contributed by atoms with E-state index in [1.807, 2.05) is 43.6 Å². The van der Waals surface area contributed by atoms with Crippen molar-refractivity contribution < 1.29 is 9.59 Å². The quantitative estimate of drug-likeness (QED) is 0.717. The van der Waals surface area contributed by atoms with Crippen LogP contribution in [0.5, 0.6) is 0 Å². The van der Waals surface area contributed by atoms with Crippen molar-refractivity contribution in [3.05, 3.63) is 11.6 Å². The van der Waals surface area contributed by atoms with Crippen molar-refractivity contribution >= 4 is 11.8 Å². The normalized spacial score (nSPS) is 17.3. The van der Waals surface area contributed by atoms with Gasteiger partial charge < -0.3 is 9.80 Å². The minimum atomic E-state index is 0.0361. The number of allylic oxidation sites excluding steroid dienone is 1. The van der Waals surface area contributed by atoms with Gasteiger partial charge in [-0.2, -0.15) is 0 Å². The standard InChI is InChI=1S/C14H24N2O2/c1-5-6-12(4)14(18)16-9-7-15(8-10-16)13(17)11(2)3/h6,11H,5,7-10H2,1-4H3/b12-6-. The van der Waals surface area contributed by atoms with Crippen molar-refractivity contribution in [1.82, 2.24) is 9.80 Å². The third-order valence-corrected chi connectivity index (χ3v) is 3.22. The number of carbonyl (C=O) groups is 2. The third-order valence-electron chi connectivity index (χ3n) is 3.22. The number of piperazine rings is 1. The summed E-state index contributed by atoms with van der Waals surface area (Å²) in [5.41, 5.74) is 0.807. The fourth-order valence-electron chi connectivity index (χ4n) is 2.14. The van der Waals surface area contributed by atoms with Gasteiger partial charge >= 0.3 is 0 Å². The summed E-state index contributed by atoms with van der Waals surface area (Å²) in [4.78, 5) is 27.6. The number of carbonyl (C=O) groups excluding carboxylic acids is 2. The lowest BCUT2D eigenvalue weighted by atomic mass is 10.1. The van der Waals surface area contributed by atoms with E-state index in [1.54, 1.807) is 0 Å². The van der Waals surface area contributed by atoms with Crippen molar-refractivity contribution in [2.75, 3.05) is 26.2 Å². The van der Waals surface area contributed by atoms with Crippen molar-refractivity contribution in [2.24, 2.45) is 5.92 Å². The highest BCUT2D eigenvalue weighted by atomic mass is 16.2. The molecule has 0 aromatic carbocycles. The summed E-state index contributed by atoms with van der Waals surface area (Å²) in [7, 11) is 0. The number of hydrogen-bond acceptors (Lipinski definition) is 2. The van der Waals surface area contributed by atoms with Crippen LogP contribution in [-0.2, 0) is 9.59 Å². The van der Waals surface area contributed by atoms with E-state index < -0.39 is 0 Å². The van der Waals surface area contributed by atoms with E-state index in [-0.39, 0.29) is 17.7 Å². The zero-order valence-electron chi connectivity index (χ0n) is 11.9. The molecular weight excluding hydrogens is 228 g/mol. The van der Waals surface area contributed by atoms with Crippen LogP contribution in [0.1, 0.15) is 34.1 Å². The van der Waals surface area contributed by atoms with Gasteiger partial charge in [0, 0.05) is 37.7 Å². The van der Waals surface area contributed by atoms with Gasteiger partial charge in [-0.3, -0.25) is 9.59 Å². The molecule has 0 spiro atoms. The van der Waals surface area contributed by atoms with Crippen LogP contribution in [0.25, 0.3) is 0 Å². The summed E-state index contributed by atoms with van der Waals surface area (Å²) >= 11 is 0. The van der Waals surface area contributed by atoms with E-state index in [0.29, 0.717) is 26.2 Å². The molecule has 0 bridgehead atoms. The van der Waals surface area contributed by atoms with Crippen molar-refractivity contribution in [3.63, 3.8) is 0 Å². The first-order valence-corrected chi connectivity index (χ1v) is 6.72. The Morgan fingerprint density at radius 1 is 1.11 bits per heavy atom. The fraction of sp³-hybridized carbons (Fsp3) is 0.714. The maximum absolute atomic E-state index is 12.1. The molecular formula is C14H24N2O2. The molecule has 1 fully saturated rings. The minimum absolute atomic E-state index is 0.0361. The number of hydrogen-bond donors (Lipinski definition) is 0. The van der Waals surface area contributed by atoms with E-state index in [4.69, 9.17) is 0 Å². The summed E-state index contributed by atoms with van der Waals surface area (Å²) in [6, 6.07) is 0. The molecule has 0 saturated carbocycles. The lowest BCUT2D eigenvalue weighted by Crippen LogP contribution is -2.51. The molecule has 1 saturated heterocycles. The molecule has 4 heteroatoms. The largest absolute Gasteiger partial charge is 0.339 e. The maximum Gasteiger partial charge on any atom is 0.249 e. The van der Waals surface area contributed by atoms with E-state index in [1.165, 1.54) is 0 Å². The maximum atomic E-state index is 12.1. The first-order valence-electron chi connectivity index (χ1n) is 6.72. The van der Waals surface area contributed by atoms with Gasteiger partial charge in [-0.15, -0.1) is 0 Å². The van der Waals surface area contributed by atoms with Crippen LogP contribution in [0.15, 0.2) is 11.6 Å². The third kappa shape index (κ3) is 3.59. The molecule has 18 heavy (non-hydrogen) atoms. The molecule has 0 radical (unpaired) electrons. The molecule has 1 heterocycles. The SMILES string of the molecule is CC/C=C(/C)C(=O)N1CCN(C(=O)C(C)C)CC1. The zero-order valence-corrected chi connectivity index (χ0v) is 11.9. The highest BCUT2D eigenvalue weighted by Crippen LogP contribution is 2.10. The smallest absolute Gasteiger partial charge is 0.249 e. The first-order chi connectivity index (χ1) is 8.47. The van der Waals surface area contributed by atoms with Gasteiger partial charge in [-0.25, -0.2) is 0 Å². The molecule has 2 amide bonds. The lowest BCUT2D eigenvalue weighted by Gasteiger charge is -2.35. The second kappa shape index (κ2) is 6.57. The van der Waals surface area contributed by atoms with Gasteiger partial charge in [-0.05, 0) is 13.3 Å². The zero-order chi connectivity index (χ0) is 13.7. The van der Waals surface area contributed by atoms with Crippen LogP contribution in [0, 0.1) is 5.92 Å². The Morgan fingerprint density at radius 3 is 2.06 bits per heavy atom. The molecule has 1 rings (SSSR count). The Morgan fingerprint density at radius 2 is 1.61 bits per heavy atom. The predicted octanol–water partition coefficient (Wildman–Crippen LogP) is 1.67. The van der Waals surface area contributed by atoms with Gasteiger partial charge in [0.05, 0.1) is 0 Å². The lowest BCUT2D eigenvalue weighted by molar-refractivity contribution is -0.139. The van der Waals surface area contributed by atoms with E-state index in [2.05, 4.69) is 0 Å². The number of amides is 2. The van der Waals surface area contributed by atoms with Crippen molar-refractivity contribution in [1.29, 1.82) is 0 Å². The topological polar surface area (TPSA) is 40.6 Å². The summed E-state index contributed by atoms with van der Waals surface area (Å²) < 4.78 is 0. The van der Waals surface area contributed by atoms with Crippen LogP contribution >= 0.6 is 0 Å². The van der Waals surface area contributed by atoms with Crippen LogP contribution in [0.3, 0.4) is 0 Å². The molecule has 1 aliphatic rings. The average Bonchev–Trinajstić information content (AvgIpc) is 2.37. The highest BCUT2D eigenvalue weighted by Gasteiger charge is 2.25. The Bertz CT molecular complexity index is 340. The summed E-state index contributed by atoms with van der Waals surface area (Å²) in [6.07, 6.45) is 2.83.